The Morgan fingerprint density at radius 2 is 2.17 bits per heavy atom. The van der Waals surface area contributed by atoms with Gasteiger partial charge < -0.3 is 0 Å². The Labute approximate surface area is 78.5 Å². The Morgan fingerprint density at radius 1 is 1.33 bits per heavy atom. The summed E-state index contributed by atoms with van der Waals surface area (Å²) in [5.74, 6) is 3.33. The summed E-state index contributed by atoms with van der Waals surface area (Å²) in [7, 11) is 0. The zero-order chi connectivity index (χ0) is 8.55. The molecule has 2 fully saturated rings. The maximum Gasteiger partial charge on any atom is 0.133 e. The predicted molar refractivity (Wildman–Crippen MR) is 49.3 cm³/mol. The lowest BCUT2D eigenvalue weighted by Crippen LogP contribution is -2.25. The summed E-state index contributed by atoms with van der Waals surface area (Å²) >= 11 is 5.86. The van der Waals surface area contributed by atoms with Crippen LogP contribution < -0.4 is 0 Å². The van der Waals surface area contributed by atoms with Crippen LogP contribution in [0.1, 0.15) is 32.1 Å². The van der Waals surface area contributed by atoms with E-state index in [1.54, 1.807) is 0 Å². The summed E-state index contributed by atoms with van der Waals surface area (Å²) in [6.07, 6.45) is 5.36. The topological polar surface area (TPSA) is 17.1 Å². The fourth-order valence-electron chi connectivity index (χ4n) is 2.84. The molecule has 0 amide bonds. The number of ketones is 1. The van der Waals surface area contributed by atoms with Crippen LogP contribution in [-0.2, 0) is 4.79 Å². The molecule has 2 rings (SSSR count). The van der Waals surface area contributed by atoms with Gasteiger partial charge in [0.2, 0.25) is 0 Å². The van der Waals surface area contributed by atoms with Gasteiger partial charge in [-0.25, -0.2) is 0 Å². The molecule has 2 aliphatic rings. The largest absolute Gasteiger partial charge is 0.300 e. The van der Waals surface area contributed by atoms with Crippen LogP contribution in [0.15, 0.2) is 0 Å². The van der Waals surface area contributed by atoms with Gasteiger partial charge in [0.25, 0.3) is 0 Å². The van der Waals surface area contributed by atoms with Crippen LogP contribution in [0.3, 0.4) is 0 Å². The minimum atomic E-state index is 0.466. The van der Waals surface area contributed by atoms with Crippen LogP contribution in [0.4, 0.5) is 0 Å². The maximum absolute atomic E-state index is 11.2. The Bertz CT molecular complexity index is 184. The number of alkyl halides is 1. The van der Waals surface area contributed by atoms with Crippen molar-refractivity contribution in [2.45, 2.75) is 32.1 Å². The zero-order valence-electron chi connectivity index (χ0n) is 7.26. The Balaban J connectivity index is 2.04. The molecule has 0 spiro atoms. The van der Waals surface area contributed by atoms with Gasteiger partial charge in [-0.05, 0) is 37.0 Å². The summed E-state index contributed by atoms with van der Waals surface area (Å²) in [6, 6.07) is 0. The van der Waals surface area contributed by atoms with Crippen molar-refractivity contribution in [3.05, 3.63) is 0 Å². The number of Topliss-reactive ketones (excluding diaryl/α,β-unsaturated/α-hetero) is 1. The average molecular weight is 187 g/mol. The molecular formula is C10H15ClO. The van der Waals surface area contributed by atoms with Crippen molar-refractivity contribution < 1.29 is 4.79 Å². The zero-order valence-corrected chi connectivity index (χ0v) is 8.02. The molecule has 0 aliphatic heterocycles. The van der Waals surface area contributed by atoms with E-state index in [2.05, 4.69) is 0 Å². The van der Waals surface area contributed by atoms with Crippen LogP contribution in [0.2, 0.25) is 0 Å². The van der Waals surface area contributed by atoms with Gasteiger partial charge in [-0.1, -0.05) is 0 Å². The molecule has 2 heteroatoms. The van der Waals surface area contributed by atoms with Crippen LogP contribution in [0.5, 0.6) is 0 Å². The number of hydrogen-bond acceptors (Lipinski definition) is 1. The van der Waals surface area contributed by atoms with E-state index in [1.165, 1.54) is 12.8 Å². The molecule has 0 saturated heterocycles. The number of carbonyl (C=O) groups is 1. The summed E-state index contributed by atoms with van der Waals surface area (Å²) in [5.41, 5.74) is 0. The first kappa shape index (κ1) is 8.55. The first-order valence-electron chi connectivity index (χ1n) is 4.89. The van der Waals surface area contributed by atoms with Gasteiger partial charge in [0.15, 0.2) is 0 Å². The fraction of sp³-hybridized carbons (Fsp3) is 0.900. The van der Waals surface area contributed by atoms with Crippen molar-refractivity contribution in [1.29, 1.82) is 0 Å². The van der Waals surface area contributed by atoms with Crippen molar-refractivity contribution in [3.8, 4) is 0 Å². The van der Waals surface area contributed by atoms with Crippen LogP contribution in [0.25, 0.3) is 0 Å². The van der Waals surface area contributed by atoms with E-state index >= 15 is 0 Å². The molecule has 0 heterocycles. The van der Waals surface area contributed by atoms with E-state index in [9.17, 15) is 4.79 Å². The van der Waals surface area contributed by atoms with Crippen molar-refractivity contribution in [1.82, 2.24) is 0 Å². The molecule has 12 heavy (non-hydrogen) atoms. The monoisotopic (exact) mass is 186 g/mol. The number of halogens is 1. The molecule has 0 radical (unpaired) electrons. The van der Waals surface area contributed by atoms with Crippen LogP contribution in [-0.4, -0.2) is 11.7 Å². The first-order valence-corrected chi connectivity index (χ1v) is 5.42. The molecule has 0 aromatic heterocycles. The van der Waals surface area contributed by atoms with Gasteiger partial charge in [0, 0.05) is 18.7 Å². The standard InChI is InChI=1S/C10H15ClO/c11-6-8-2-1-7-3-4-9(12)5-10(7)8/h7-8,10H,1-6H2/t7-,8+,10+/m1/s1. The first-order chi connectivity index (χ1) is 5.81. The smallest absolute Gasteiger partial charge is 0.133 e. The Kier molecular flexibility index (Phi) is 2.40. The van der Waals surface area contributed by atoms with E-state index in [-0.39, 0.29) is 0 Å². The summed E-state index contributed by atoms with van der Waals surface area (Å²) in [6.45, 7) is 0. The fourth-order valence-corrected chi connectivity index (χ4v) is 3.22. The summed E-state index contributed by atoms with van der Waals surface area (Å²) in [5, 5.41) is 0. The van der Waals surface area contributed by atoms with Crippen molar-refractivity contribution in [2.75, 3.05) is 5.88 Å². The van der Waals surface area contributed by atoms with Crippen molar-refractivity contribution in [3.63, 3.8) is 0 Å². The van der Waals surface area contributed by atoms with Gasteiger partial charge in [-0.2, -0.15) is 0 Å². The molecule has 1 nitrogen and oxygen atoms in total. The van der Waals surface area contributed by atoms with Crippen molar-refractivity contribution in [2.24, 2.45) is 17.8 Å². The second-order valence-corrected chi connectivity index (χ2v) is 4.51. The molecule has 3 atom stereocenters. The maximum atomic E-state index is 11.2. The lowest BCUT2D eigenvalue weighted by molar-refractivity contribution is -0.122. The third-order valence-electron chi connectivity index (χ3n) is 3.57. The lowest BCUT2D eigenvalue weighted by atomic mass is 9.78. The van der Waals surface area contributed by atoms with Gasteiger partial charge in [-0.15, -0.1) is 11.6 Å². The molecular weight excluding hydrogens is 172 g/mol. The van der Waals surface area contributed by atoms with Gasteiger partial charge in [-0.3, -0.25) is 4.79 Å². The predicted octanol–water partition coefficient (Wildman–Crippen LogP) is 2.62. The molecule has 0 N–H and O–H groups in total. The van der Waals surface area contributed by atoms with E-state index in [1.807, 2.05) is 0 Å². The Morgan fingerprint density at radius 3 is 2.92 bits per heavy atom. The number of carbonyl (C=O) groups excluding carboxylic acids is 1. The van der Waals surface area contributed by atoms with E-state index in [0.717, 1.165) is 31.1 Å². The van der Waals surface area contributed by atoms with Gasteiger partial charge in [0.05, 0.1) is 0 Å². The van der Waals surface area contributed by atoms with E-state index < -0.39 is 0 Å². The second kappa shape index (κ2) is 3.37. The second-order valence-electron chi connectivity index (χ2n) is 4.20. The highest BCUT2D eigenvalue weighted by molar-refractivity contribution is 6.18. The lowest BCUT2D eigenvalue weighted by Gasteiger charge is -2.27. The van der Waals surface area contributed by atoms with E-state index in [0.29, 0.717) is 17.6 Å². The van der Waals surface area contributed by atoms with Gasteiger partial charge >= 0.3 is 0 Å². The molecule has 2 aliphatic carbocycles. The molecule has 2 saturated carbocycles. The normalized spacial score (nSPS) is 41.4. The molecule has 0 bridgehead atoms. The van der Waals surface area contributed by atoms with Crippen LogP contribution in [0, 0.1) is 17.8 Å². The average Bonchev–Trinajstić information content (AvgIpc) is 2.46. The number of rotatable bonds is 1. The van der Waals surface area contributed by atoms with Crippen molar-refractivity contribution >= 4 is 17.4 Å². The third-order valence-corrected chi connectivity index (χ3v) is 3.97. The Hall–Kier alpha value is -0.0400. The highest BCUT2D eigenvalue weighted by Crippen LogP contribution is 2.45. The highest BCUT2D eigenvalue weighted by atomic mass is 35.5. The summed E-state index contributed by atoms with van der Waals surface area (Å²) in [4.78, 5) is 11.2. The third kappa shape index (κ3) is 1.39. The minimum Gasteiger partial charge on any atom is -0.300 e. The SMILES string of the molecule is O=C1CC[C@H]2CC[C@@H](CCl)[C@H]2C1. The van der Waals surface area contributed by atoms with Gasteiger partial charge in [0.1, 0.15) is 5.78 Å². The summed E-state index contributed by atoms with van der Waals surface area (Å²) < 4.78 is 0. The minimum absolute atomic E-state index is 0.466. The van der Waals surface area contributed by atoms with Crippen LogP contribution >= 0.6 is 11.6 Å². The number of hydrogen-bond donors (Lipinski definition) is 0. The van der Waals surface area contributed by atoms with E-state index in [4.69, 9.17) is 11.6 Å². The quantitative estimate of drug-likeness (QED) is 0.576. The number of fused-ring (bicyclic) bond motifs is 1. The molecule has 0 aromatic carbocycles. The molecule has 0 unspecified atom stereocenters. The molecule has 0 aromatic rings. The molecule has 68 valence electrons. The highest BCUT2D eigenvalue weighted by Gasteiger charge is 2.39.